The number of nitrogens with zero attached hydrogens (tertiary/aromatic N) is 4. The topological polar surface area (TPSA) is 63.8 Å². The van der Waals surface area contributed by atoms with Crippen molar-refractivity contribution in [2.24, 2.45) is 7.05 Å². The van der Waals surface area contributed by atoms with Crippen LogP contribution in [0.2, 0.25) is 0 Å². The Morgan fingerprint density at radius 2 is 2.24 bits per heavy atom. The zero-order valence-electron chi connectivity index (χ0n) is 9.33. The summed E-state index contributed by atoms with van der Waals surface area (Å²) in [6, 6.07) is 4.59. The molecule has 0 saturated heterocycles. The van der Waals surface area contributed by atoms with Crippen molar-refractivity contribution < 1.29 is 9.50 Å². The predicted molar refractivity (Wildman–Crippen MR) is 60.0 cm³/mol. The Hall–Kier alpha value is -1.47. The van der Waals surface area contributed by atoms with Crippen molar-refractivity contribution >= 4 is 11.8 Å². The summed E-state index contributed by atoms with van der Waals surface area (Å²) >= 11 is 1.09. The SMILES string of the molecule is C[C@H](O)c1cccc(F)c1Sc1nnnn1C. The number of hydrogen-bond donors (Lipinski definition) is 1. The fourth-order valence-corrected chi connectivity index (χ4v) is 2.31. The maximum atomic E-state index is 13.7. The molecule has 0 unspecified atom stereocenters. The van der Waals surface area contributed by atoms with Crippen molar-refractivity contribution in [1.29, 1.82) is 0 Å². The Morgan fingerprint density at radius 1 is 1.47 bits per heavy atom. The molecular weight excluding hydrogens is 243 g/mol. The van der Waals surface area contributed by atoms with E-state index in [1.165, 1.54) is 10.7 Å². The molecule has 0 amide bonds. The molecule has 2 rings (SSSR count). The second-order valence-corrected chi connectivity index (χ2v) is 4.50. The van der Waals surface area contributed by atoms with Gasteiger partial charge in [-0.05, 0) is 40.7 Å². The van der Waals surface area contributed by atoms with E-state index >= 15 is 0 Å². The molecule has 0 saturated carbocycles. The van der Waals surface area contributed by atoms with Crippen LogP contribution in [0, 0.1) is 5.82 Å². The molecule has 0 spiro atoms. The number of halogens is 1. The molecule has 0 fully saturated rings. The van der Waals surface area contributed by atoms with Gasteiger partial charge in [-0.2, -0.15) is 0 Å². The van der Waals surface area contributed by atoms with E-state index in [0.717, 1.165) is 11.8 Å². The van der Waals surface area contributed by atoms with Crippen LogP contribution in [0.3, 0.4) is 0 Å². The van der Waals surface area contributed by atoms with Gasteiger partial charge in [0.05, 0.1) is 11.0 Å². The van der Waals surface area contributed by atoms with Crippen LogP contribution in [0.4, 0.5) is 4.39 Å². The highest BCUT2D eigenvalue weighted by atomic mass is 32.2. The molecule has 0 aliphatic heterocycles. The molecule has 5 nitrogen and oxygen atoms in total. The highest BCUT2D eigenvalue weighted by Gasteiger charge is 2.16. The van der Waals surface area contributed by atoms with E-state index in [0.29, 0.717) is 15.6 Å². The molecule has 7 heteroatoms. The van der Waals surface area contributed by atoms with Gasteiger partial charge in [0, 0.05) is 7.05 Å². The van der Waals surface area contributed by atoms with E-state index in [4.69, 9.17) is 0 Å². The second kappa shape index (κ2) is 4.80. The van der Waals surface area contributed by atoms with Gasteiger partial charge in [0.15, 0.2) is 0 Å². The lowest BCUT2D eigenvalue weighted by Crippen LogP contribution is -1.99. The molecule has 17 heavy (non-hydrogen) atoms. The summed E-state index contributed by atoms with van der Waals surface area (Å²) in [4.78, 5) is 0.348. The monoisotopic (exact) mass is 254 g/mol. The van der Waals surface area contributed by atoms with Crippen molar-refractivity contribution in [3.63, 3.8) is 0 Å². The van der Waals surface area contributed by atoms with Crippen LogP contribution >= 0.6 is 11.8 Å². The first-order chi connectivity index (χ1) is 8.09. The summed E-state index contributed by atoms with van der Waals surface area (Å²) < 4.78 is 15.2. The summed E-state index contributed by atoms with van der Waals surface area (Å²) in [5.74, 6) is -0.392. The van der Waals surface area contributed by atoms with Crippen LogP contribution in [-0.2, 0) is 7.05 Å². The van der Waals surface area contributed by atoms with Crippen LogP contribution in [0.25, 0.3) is 0 Å². The van der Waals surface area contributed by atoms with E-state index in [1.54, 1.807) is 26.1 Å². The van der Waals surface area contributed by atoms with E-state index in [2.05, 4.69) is 15.5 Å². The second-order valence-electron chi connectivity index (χ2n) is 3.52. The Bertz CT molecular complexity index is 529. The third-order valence-corrected chi connectivity index (χ3v) is 3.39. The molecule has 90 valence electrons. The Balaban J connectivity index is 2.41. The molecule has 1 aromatic heterocycles. The third-order valence-electron chi connectivity index (χ3n) is 2.22. The normalized spacial score (nSPS) is 12.7. The lowest BCUT2D eigenvalue weighted by atomic mass is 10.1. The quantitative estimate of drug-likeness (QED) is 0.900. The number of benzene rings is 1. The van der Waals surface area contributed by atoms with Crippen molar-refractivity contribution in [3.05, 3.63) is 29.6 Å². The first-order valence-corrected chi connectivity index (χ1v) is 5.78. The van der Waals surface area contributed by atoms with Crippen molar-refractivity contribution in [2.75, 3.05) is 0 Å². The zero-order chi connectivity index (χ0) is 12.4. The maximum Gasteiger partial charge on any atom is 0.213 e. The highest BCUT2D eigenvalue weighted by molar-refractivity contribution is 7.99. The molecule has 1 aromatic carbocycles. The zero-order valence-corrected chi connectivity index (χ0v) is 10.1. The van der Waals surface area contributed by atoms with Crippen LogP contribution < -0.4 is 0 Å². The highest BCUT2D eigenvalue weighted by Crippen LogP contribution is 2.33. The molecule has 0 aliphatic rings. The molecule has 1 heterocycles. The summed E-state index contributed by atoms with van der Waals surface area (Å²) in [7, 11) is 1.67. The molecule has 2 aromatic rings. The van der Waals surface area contributed by atoms with Crippen LogP contribution in [-0.4, -0.2) is 25.3 Å². The Kier molecular flexibility index (Phi) is 3.39. The van der Waals surface area contributed by atoms with E-state index in [-0.39, 0.29) is 0 Å². The molecule has 1 atom stereocenters. The van der Waals surface area contributed by atoms with Crippen LogP contribution in [0.15, 0.2) is 28.3 Å². The van der Waals surface area contributed by atoms with E-state index < -0.39 is 11.9 Å². The van der Waals surface area contributed by atoms with Crippen LogP contribution in [0.5, 0.6) is 0 Å². The lowest BCUT2D eigenvalue weighted by molar-refractivity contribution is 0.195. The van der Waals surface area contributed by atoms with Gasteiger partial charge in [0.2, 0.25) is 5.16 Å². The predicted octanol–water partition coefficient (Wildman–Crippen LogP) is 1.55. The first-order valence-electron chi connectivity index (χ1n) is 4.96. The van der Waals surface area contributed by atoms with Gasteiger partial charge in [0.1, 0.15) is 5.82 Å². The minimum atomic E-state index is -0.741. The molecule has 1 N–H and O–H groups in total. The molecule has 0 bridgehead atoms. The fourth-order valence-electron chi connectivity index (χ4n) is 1.36. The third kappa shape index (κ3) is 2.45. The minimum Gasteiger partial charge on any atom is -0.389 e. The van der Waals surface area contributed by atoms with E-state index in [9.17, 15) is 9.50 Å². The first kappa shape index (κ1) is 12.0. The maximum absolute atomic E-state index is 13.7. The average molecular weight is 254 g/mol. The Morgan fingerprint density at radius 3 is 2.82 bits per heavy atom. The number of rotatable bonds is 3. The van der Waals surface area contributed by atoms with Gasteiger partial charge in [-0.1, -0.05) is 12.1 Å². The summed E-state index contributed by atoms with van der Waals surface area (Å²) in [6.45, 7) is 1.59. The van der Waals surface area contributed by atoms with Gasteiger partial charge in [-0.3, -0.25) is 0 Å². The van der Waals surface area contributed by atoms with E-state index in [1.807, 2.05) is 0 Å². The number of aliphatic hydroxyl groups excluding tert-OH is 1. The van der Waals surface area contributed by atoms with Gasteiger partial charge < -0.3 is 5.11 Å². The van der Waals surface area contributed by atoms with Crippen molar-refractivity contribution in [3.8, 4) is 0 Å². The smallest absolute Gasteiger partial charge is 0.213 e. The molecular formula is C10H11FN4OS. The van der Waals surface area contributed by atoms with Gasteiger partial charge >= 0.3 is 0 Å². The number of aliphatic hydroxyl groups is 1. The van der Waals surface area contributed by atoms with Crippen molar-refractivity contribution in [2.45, 2.75) is 23.1 Å². The number of hydrogen-bond acceptors (Lipinski definition) is 5. The standard InChI is InChI=1S/C10H11FN4OS/c1-6(16)7-4-3-5-8(11)9(7)17-10-12-13-14-15(10)2/h3-6,16H,1-2H3/t6-/m0/s1. The molecule has 0 aliphatic carbocycles. The average Bonchev–Trinajstić information content (AvgIpc) is 2.67. The number of tetrazole rings is 1. The van der Waals surface area contributed by atoms with Gasteiger partial charge in [0.25, 0.3) is 0 Å². The van der Waals surface area contributed by atoms with Crippen LogP contribution in [0.1, 0.15) is 18.6 Å². The lowest BCUT2D eigenvalue weighted by Gasteiger charge is -2.11. The number of aryl methyl sites for hydroxylation is 1. The summed E-state index contributed by atoms with van der Waals surface area (Å²) in [5, 5.41) is 21.0. The molecule has 0 radical (unpaired) electrons. The largest absolute Gasteiger partial charge is 0.389 e. The number of aromatic nitrogens is 4. The Labute approximate surface area is 102 Å². The van der Waals surface area contributed by atoms with Gasteiger partial charge in [-0.15, -0.1) is 5.10 Å². The summed E-state index contributed by atoms with van der Waals surface area (Å²) in [6.07, 6.45) is -0.741. The van der Waals surface area contributed by atoms with Gasteiger partial charge in [-0.25, -0.2) is 9.07 Å². The summed E-state index contributed by atoms with van der Waals surface area (Å²) in [5.41, 5.74) is 0.526. The fraction of sp³-hybridized carbons (Fsp3) is 0.300. The van der Waals surface area contributed by atoms with Crippen molar-refractivity contribution in [1.82, 2.24) is 20.2 Å². The minimum absolute atomic E-state index is 0.348.